The highest BCUT2D eigenvalue weighted by Gasteiger charge is 2.50. The maximum atomic E-state index is 14.6. The van der Waals surface area contributed by atoms with Gasteiger partial charge < -0.3 is 29.2 Å². The fourth-order valence-electron chi connectivity index (χ4n) is 8.54. The summed E-state index contributed by atoms with van der Waals surface area (Å²) in [6.07, 6.45) is 12.6. The van der Waals surface area contributed by atoms with Gasteiger partial charge in [-0.2, -0.15) is 0 Å². The van der Waals surface area contributed by atoms with E-state index in [1.54, 1.807) is 13.4 Å². The summed E-state index contributed by atoms with van der Waals surface area (Å²) < 4.78 is 16.9. The number of hydrogen-bond acceptors (Lipinski definition) is 7. The summed E-state index contributed by atoms with van der Waals surface area (Å²) >= 11 is 0. The molecular weight excluding hydrogens is 606 g/mol. The highest BCUT2D eigenvalue weighted by Crippen LogP contribution is 2.58. The van der Waals surface area contributed by atoms with Crippen LogP contribution in [0.25, 0.3) is 11.3 Å². The molecule has 0 aliphatic heterocycles. The van der Waals surface area contributed by atoms with Crippen molar-refractivity contribution in [1.82, 2.24) is 10.3 Å². The van der Waals surface area contributed by atoms with Crippen molar-refractivity contribution < 1.29 is 28.6 Å². The van der Waals surface area contributed by atoms with Gasteiger partial charge >= 0.3 is 6.09 Å². The largest absolute Gasteiger partial charge is 0.496 e. The van der Waals surface area contributed by atoms with Gasteiger partial charge in [-0.05, 0) is 124 Å². The molecule has 0 unspecified atom stereocenters. The van der Waals surface area contributed by atoms with Crippen LogP contribution in [0, 0.1) is 18.3 Å². The number of rotatable bonds is 11. The first-order valence-electron chi connectivity index (χ1n) is 17.9. The van der Waals surface area contributed by atoms with Crippen LogP contribution in [0.1, 0.15) is 100.0 Å². The van der Waals surface area contributed by atoms with Gasteiger partial charge in [-0.25, -0.2) is 9.78 Å². The molecule has 8 rings (SSSR count). The summed E-state index contributed by atoms with van der Waals surface area (Å²) in [5.41, 5.74) is 5.58. The second kappa shape index (κ2) is 13.6. The Hall–Kier alpha value is -3.85. The number of hydrogen-bond donors (Lipinski definition) is 2. The monoisotopic (exact) mass is 655 g/mol. The first kappa shape index (κ1) is 32.7. The summed E-state index contributed by atoms with van der Waals surface area (Å²) in [6.45, 7) is 2.87. The number of nitrogens with one attached hydrogen (secondary N) is 1. The normalized spacial score (nSPS) is 26.6. The zero-order valence-corrected chi connectivity index (χ0v) is 28.3. The van der Waals surface area contributed by atoms with Crippen molar-refractivity contribution in [2.45, 2.75) is 101 Å². The lowest BCUT2D eigenvalue weighted by molar-refractivity contribution is -0.124. The lowest BCUT2D eigenvalue weighted by atomic mass is 9.51. The molecule has 9 nitrogen and oxygen atoms in total. The van der Waals surface area contributed by atoms with Crippen molar-refractivity contribution in [2.24, 2.45) is 11.3 Å². The molecule has 0 atom stereocenters. The number of benzene rings is 2. The first-order chi connectivity index (χ1) is 23.3. The minimum absolute atomic E-state index is 0.0765. The minimum atomic E-state index is -0.510. The Kier molecular flexibility index (Phi) is 9.24. The van der Waals surface area contributed by atoms with Crippen LogP contribution in [0.3, 0.4) is 0 Å². The summed E-state index contributed by atoms with van der Waals surface area (Å²) in [7, 11) is 1.73. The van der Waals surface area contributed by atoms with Crippen LogP contribution in [0.2, 0.25) is 0 Å². The van der Waals surface area contributed by atoms with Crippen molar-refractivity contribution in [3.05, 3.63) is 65.7 Å². The number of oxazole rings is 1. The number of fused-ring (bicyclic) bond motifs is 3. The number of alkyl carbamates (subject to hydrolysis) is 1. The number of aliphatic hydroxyl groups is 1. The van der Waals surface area contributed by atoms with E-state index in [1.165, 1.54) is 11.1 Å². The van der Waals surface area contributed by atoms with Crippen LogP contribution in [0.4, 0.5) is 10.5 Å². The van der Waals surface area contributed by atoms with E-state index in [0.29, 0.717) is 38.1 Å². The van der Waals surface area contributed by atoms with Crippen LogP contribution in [-0.2, 0) is 14.9 Å². The Morgan fingerprint density at radius 3 is 2.42 bits per heavy atom. The van der Waals surface area contributed by atoms with Crippen LogP contribution in [0.15, 0.2) is 53.1 Å². The van der Waals surface area contributed by atoms with Crippen LogP contribution >= 0.6 is 0 Å². The molecule has 2 amide bonds. The van der Waals surface area contributed by atoms with Gasteiger partial charge in [0.05, 0.1) is 13.7 Å². The second-order valence-corrected chi connectivity index (χ2v) is 14.8. The number of ether oxygens (including phenoxy) is 2. The SMILES string of the molecule is COc1ccc(C23CCC(CN(c4cccc(-c5coc(C6CC6)n5)c4)C(=O)[C@H]4CC[C@H](OC(=O)NCCO)CC4)(CC2)CC3)cc1C. The molecule has 256 valence electrons. The van der Waals surface area contributed by atoms with Gasteiger partial charge in [-0.3, -0.25) is 4.79 Å². The van der Waals surface area contributed by atoms with Crippen LogP contribution < -0.4 is 15.0 Å². The summed E-state index contributed by atoms with van der Waals surface area (Å²) in [4.78, 5) is 33.5. The third-order valence-corrected chi connectivity index (χ3v) is 11.7. The average Bonchev–Trinajstić information content (AvgIpc) is 3.86. The van der Waals surface area contributed by atoms with E-state index < -0.39 is 6.09 Å². The molecule has 9 heteroatoms. The Morgan fingerprint density at radius 2 is 1.75 bits per heavy atom. The molecule has 1 aromatic heterocycles. The molecule has 1 heterocycles. The van der Waals surface area contributed by atoms with E-state index in [1.807, 2.05) is 6.07 Å². The van der Waals surface area contributed by atoms with Gasteiger partial charge in [0.1, 0.15) is 23.8 Å². The smallest absolute Gasteiger partial charge is 0.407 e. The van der Waals surface area contributed by atoms with Gasteiger partial charge in [0, 0.05) is 36.2 Å². The Balaban J connectivity index is 1.10. The van der Waals surface area contributed by atoms with Crippen molar-refractivity contribution in [1.29, 1.82) is 0 Å². The summed E-state index contributed by atoms with van der Waals surface area (Å²) in [6, 6.07) is 15.0. The second-order valence-electron chi connectivity index (χ2n) is 14.8. The predicted molar refractivity (Wildman–Crippen MR) is 183 cm³/mol. The van der Waals surface area contributed by atoms with Crippen LogP contribution in [0.5, 0.6) is 5.75 Å². The standard InChI is InChI=1S/C39H49N3O6/c1-26-22-30(10-13-34(26)46-2)39-17-14-38(15-18-39,16-19-39)25-42(36(44)28-8-11-32(12-9-28)48-37(45)40-20-21-43)31-5-3-4-29(23-31)33-24-47-35(41-33)27-6-7-27/h3-5,10,13,22-24,27-28,32,43H,6-9,11-12,14-21,25H2,1-2H3,(H,40,45)/t28-,32-,38?,39?. The quantitative estimate of drug-likeness (QED) is 0.221. The summed E-state index contributed by atoms with van der Waals surface area (Å²) in [5, 5.41) is 11.6. The lowest BCUT2D eigenvalue weighted by Gasteiger charge is -2.55. The fraction of sp³-hybridized carbons (Fsp3) is 0.564. The highest BCUT2D eigenvalue weighted by atomic mass is 16.6. The maximum absolute atomic E-state index is 14.6. The van der Waals surface area contributed by atoms with Gasteiger partial charge in [0.25, 0.3) is 0 Å². The lowest BCUT2D eigenvalue weighted by Crippen LogP contribution is -2.51. The van der Waals surface area contributed by atoms with Crippen LogP contribution in [-0.4, -0.2) is 55.0 Å². The molecule has 5 aliphatic rings. The van der Waals surface area contributed by atoms with E-state index in [2.05, 4.69) is 53.5 Å². The third-order valence-electron chi connectivity index (χ3n) is 11.7. The number of aromatic nitrogens is 1. The van der Waals surface area contributed by atoms with Crippen molar-refractivity contribution in [3.63, 3.8) is 0 Å². The maximum Gasteiger partial charge on any atom is 0.407 e. The number of carbonyl (C=O) groups excluding carboxylic acids is 2. The van der Waals surface area contributed by atoms with Gasteiger partial charge in [-0.15, -0.1) is 0 Å². The zero-order valence-electron chi connectivity index (χ0n) is 28.3. The number of methoxy groups -OCH3 is 1. The Morgan fingerprint density at radius 1 is 1.00 bits per heavy atom. The van der Waals surface area contributed by atoms with Crippen molar-refractivity contribution in [3.8, 4) is 17.0 Å². The van der Waals surface area contributed by atoms with Crippen molar-refractivity contribution >= 4 is 17.7 Å². The highest BCUT2D eigenvalue weighted by molar-refractivity contribution is 5.95. The molecule has 48 heavy (non-hydrogen) atoms. The third kappa shape index (κ3) is 6.71. The van der Waals surface area contributed by atoms with E-state index in [-0.39, 0.29) is 41.9 Å². The topological polar surface area (TPSA) is 114 Å². The zero-order chi connectivity index (χ0) is 33.3. The predicted octanol–water partition coefficient (Wildman–Crippen LogP) is 7.44. The molecule has 0 saturated heterocycles. The molecule has 2 aromatic carbocycles. The summed E-state index contributed by atoms with van der Waals surface area (Å²) in [5.74, 6) is 2.22. The Labute approximate surface area is 283 Å². The van der Waals surface area contributed by atoms with E-state index in [9.17, 15) is 9.59 Å². The minimum Gasteiger partial charge on any atom is -0.496 e. The molecule has 5 saturated carbocycles. The Bertz CT molecular complexity index is 1600. The molecule has 0 spiro atoms. The fourth-order valence-corrected chi connectivity index (χ4v) is 8.54. The number of anilines is 1. The molecule has 2 N–H and O–H groups in total. The number of nitrogens with zero attached hydrogens (tertiary/aromatic N) is 2. The number of carbonyl (C=O) groups is 2. The number of aryl methyl sites for hydroxylation is 1. The number of amides is 2. The van der Waals surface area contributed by atoms with E-state index in [0.717, 1.165) is 80.0 Å². The number of aliphatic hydroxyl groups excluding tert-OH is 1. The molecule has 2 bridgehead atoms. The van der Waals surface area contributed by atoms with E-state index >= 15 is 0 Å². The molecule has 5 fully saturated rings. The average molecular weight is 656 g/mol. The van der Waals surface area contributed by atoms with E-state index in [4.69, 9.17) is 24.0 Å². The van der Waals surface area contributed by atoms with Gasteiger partial charge in [-0.1, -0.05) is 24.3 Å². The first-order valence-corrected chi connectivity index (χ1v) is 17.9. The molecular formula is C39H49N3O6. The molecule has 5 aliphatic carbocycles. The molecule has 0 radical (unpaired) electrons. The molecule has 3 aromatic rings. The van der Waals surface area contributed by atoms with Crippen molar-refractivity contribution in [2.75, 3.05) is 31.7 Å². The van der Waals surface area contributed by atoms with Gasteiger partial charge in [0.15, 0.2) is 5.89 Å². The van der Waals surface area contributed by atoms with Gasteiger partial charge in [0.2, 0.25) is 5.91 Å².